The smallest absolute Gasteiger partial charge is 0.330 e. The minimum absolute atomic E-state index is 0.264. The molecule has 0 atom stereocenters. The Kier molecular flexibility index (Phi) is 6.91. The second-order valence-electron chi connectivity index (χ2n) is 7.43. The van der Waals surface area contributed by atoms with E-state index in [0.29, 0.717) is 12.8 Å². The quantitative estimate of drug-likeness (QED) is 0.464. The monoisotopic (exact) mass is 446 g/mol. The minimum Gasteiger partial charge on any atom is -0.361 e. The van der Waals surface area contributed by atoms with Crippen LogP contribution in [0.5, 0.6) is 0 Å². The minimum atomic E-state index is -3.99. The summed E-state index contributed by atoms with van der Waals surface area (Å²) in [4.78, 5) is 23.6. The fraction of sp³-hybridized carbons (Fsp3) is 0.381. The van der Waals surface area contributed by atoms with Crippen LogP contribution in [-0.2, 0) is 30.5 Å². The van der Waals surface area contributed by atoms with Crippen molar-refractivity contribution in [2.24, 2.45) is 14.1 Å². The molecule has 0 aliphatic heterocycles. The summed E-state index contributed by atoms with van der Waals surface area (Å²) in [5.74, 6) is 0.786. The molecule has 0 bridgehead atoms. The highest BCUT2D eigenvalue weighted by Gasteiger charge is 2.25. The molecule has 166 valence electrons. The highest BCUT2D eigenvalue weighted by Crippen LogP contribution is 2.20. The highest BCUT2D eigenvalue weighted by molar-refractivity contribution is 7.89. The Morgan fingerprint density at radius 3 is 2.48 bits per heavy atom. The first-order chi connectivity index (χ1) is 14.7. The van der Waals surface area contributed by atoms with Crippen LogP contribution in [0.2, 0.25) is 0 Å². The van der Waals surface area contributed by atoms with Crippen LogP contribution in [0.4, 0.5) is 0 Å². The van der Waals surface area contributed by atoms with E-state index in [4.69, 9.17) is 4.52 Å². The van der Waals surface area contributed by atoms with Crippen LogP contribution in [-0.4, -0.2) is 40.6 Å². The zero-order valence-electron chi connectivity index (χ0n) is 17.8. The van der Waals surface area contributed by atoms with Gasteiger partial charge in [0.15, 0.2) is 4.90 Å². The number of unbranched alkanes of at least 4 members (excludes halogenated alkanes) is 2. The number of hydrogen-bond acceptors (Lipinski definition) is 6. The van der Waals surface area contributed by atoms with Crippen molar-refractivity contribution in [3.63, 3.8) is 0 Å². The number of nitrogens with zero attached hydrogens (tertiary/aromatic N) is 4. The fourth-order valence-electron chi connectivity index (χ4n) is 3.23. The summed E-state index contributed by atoms with van der Waals surface area (Å²) in [6.45, 7) is 0.264. The summed E-state index contributed by atoms with van der Waals surface area (Å²) in [5, 5.41) is 4.09. The van der Waals surface area contributed by atoms with Crippen LogP contribution in [0.1, 0.15) is 25.0 Å². The Labute approximate surface area is 180 Å². The molecule has 0 fully saturated rings. The van der Waals surface area contributed by atoms with E-state index in [9.17, 15) is 18.0 Å². The fourth-order valence-corrected chi connectivity index (χ4v) is 4.58. The molecule has 2 aromatic heterocycles. The molecule has 0 spiro atoms. The van der Waals surface area contributed by atoms with Crippen molar-refractivity contribution in [1.82, 2.24) is 18.6 Å². The second-order valence-corrected chi connectivity index (χ2v) is 9.45. The van der Waals surface area contributed by atoms with Gasteiger partial charge in [-0.1, -0.05) is 41.9 Å². The molecule has 3 rings (SSSR count). The third-order valence-electron chi connectivity index (χ3n) is 5.13. The third kappa shape index (κ3) is 5.02. The van der Waals surface area contributed by atoms with Gasteiger partial charge in [0.25, 0.3) is 5.56 Å². The summed E-state index contributed by atoms with van der Waals surface area (Å²) in [6, 6.07) is 11.7. The number of hydrogen-bond donors (Lipinski definition) is 0. The zero-order chi connectivity index (χ0) is 22.6. The van der Waals surface area contributed by atoms with E-state index in [1.807, 2.05) is 36.4 Å². The van der Waals surface area contributed by atoms with E-state index in [-0.39, 0.29) is 6.54 Å². The van der Waals surface area contributed by atoms with Gasteiger partial charge in [0, 0.05) is 51.9 Å². The molecule has 9 nitrogen and oxygen atoms in total. The number of aromatic nitrogens is 3. The van der Waals surface area contributed by atoms with Gasteiger partial charge >= 0.3 is 5.69 Å². The van der Waals surface area contributed by atoms with Gasteiger partial charge in [-0.3, -0.25) is 9.36 Å². The van der Waals surface area contributed by atoms with Gasteiger partial charge in [0.1, 0.15) is 11.5 Å². The summed E-state index contributed by atoms with van der Waals surface area (Å²) >= 11 is 0. The van der Waals surface area contributed by atoms with E-state index in [1.165, 1.54) is 21.1 Å². The van der Waals surface area contributed by atoms with Crippen LogP contribution in [0.3, 0.4) is 0 Å². The van der Waals surface area contributed by atoms with Crippen molar-refractivity contribution in [1.29, 1.82) is 0 Å². The summed E-state index contributed by atoms with van der Waals surface area (Å²) < 4.78 is 33.9. The van der Waals surface area contributed by atoms with E-state index in [1.54, 1.807) is 0 Å². The van der Waals surface area contributed by atoms with Crippen LogP contribution in [0.15, 0.2) is 61.6 Å². The van der Waals surface area contributed by atoms with E-state index in [2.05, 4.69) is 5.16 Å². The number of rotatable bonds is 9. The van der Waals surface area contributed by atoms with Crippen LogP contribution in [0.25, 0.3) is 11.3 Å². The lowest BCUT2D eigenvalue weighted by atomic mass is 10.1. The first kappa shape index (κ1) is 22.7. The standard InChI is InChI=1S/C21H26N4O5S/c1-23-15-19(20(26)25(3)21(23)27)31(28,29)24(2)13-9-5-8-12-17-14-18(22-30-17)16-10-6-4-7-11-16/h4,6-7,10-11,14-15H,5,8-9,12-13H2,1-3H3. The van der Waals surface area contributed by atoms with Crippen molar-refractivity contribution in [2.45, 2.75) is 30.6 Å². The largest absolute Gasteiger partial charge is 0.361 e. The number of benzene rings is 1. The SMILES string of the molecule is CN(CCCCCc1cc(-c2ccccc2)no1)S(=O)(=O)c1cn(C)c(=O)n(C)c1=O. The normalized spacial score (nSPS) is 11.9. The molecule has 0 radical (unpaired) electrons. The lowest BCUT2D eigenvalue weighted by molar-refractivity contribution is 0.378. The van der Waals surface area contributed by atoms with Crippen molar-refractivity contribution >= 4 is 10.0 Å². The maximum atomic E-state index is 12.8. The van der Waals surface area contributed by atoms with Gasteiger partial charge in [-0.05, 0) is 12.8 Å². The van der Waals surface area contributed by atoms with Crippen LogP contribution in [0, 0.1) is 0 Å². The molecule has 0 saturated carbocycles. The highest BCUT2D eigenvalue weighted by atomic mass is 32.2. The molecule has 1 aromatic carbocycles. The zero-order valence-corrected chi connectivity index (χ0v) is 18.6. The van der Waals surface area contributed by atoms with Gasteiger partial charge in [0.05, 0.1) is 0 Å². The average Bonchev–Trinajstić information content (AvgIpc) is 3.23. The Morgan fingerprint density at radius 1 is 1.06 bits per heavy atom. The molecule has 31 heavy (non-hydrogen) atoms. The molecule has 0 amide bonds. The summed E-state index contributed by atoms with van der Waals surface area (Å²) in [6.07, 6.45) is 4.01. The summed E-state index contributed by atoms with van der Waals surface area (Å²) in [5.41, 5.74) is 0.387. The Bertz CT molecular complexity index is 1260. The molecular weight excluding hydrogens is 420 g/mol. The maximum absolute atomic E-state index is 12.8. The third-order valence-corrected chi connectivity index (χ3v) is 6.97. The molecule has 0 unspecified atom stereocenters. The average molecular weight is 447 g/mol. The molecule has 0 aliphatic rings. The Balaban J connectivity index is 1.53. The second kappa shape index (κ2) is 9.44. The first-order valence-corrected chi connectivity index (χ1v) is 11.4. The van der Waals surface area contributed by atoms with Crippen molar-refractivity contribution in [3.8, 4) is 11.3 Å². The molecule has 0 saturated heterocycles. The van der Waals surface area contributed by atoms with Gasteiger partial charge in [-0.25, -0.2) is 17.5 Å². The van der Waals surface area contributed by atoms with E-state index >= 15 is 0 Å². The van der Waals surface area contributed by atoms with Crippen molar-refractivity contribution < 1.29 is 12.9 Å². The lowest BCUT2D eigenvalue weighted by Crippen LogP contribution is -2.42. The number of aryl methyl sites for hydroxylation is 2. The van der Waals surface area contributed by atoms with Gasteiger partial charge in [-0.15, -0.1) is 0 Å². The Hall–Kier alpha value is -2.98. The molecule has 3 aromatic rings. The molecule has 2 heterocycles. The molecule has 0 N–H and O–H groups in total. The maximum Gasteiger partial charge on any atom is 0.330 e. The molecule has 10 heteroatoms. The van der Waals surface area contributed by atoms with Gasteiger partial charge in [-0.2, -0.15) is 0 Å². The molecular formula is C21H26N4O5S. The number of sulfonamides is 1. The predicted molar refractivity (Wildman–Crippen MR) is 116 cm³/mol. The van der Waals surface area contributed by atoms with E-state index in [0.717, 1.165) is 49.5 Å². The van der Waals surface area contributed by atoms with Crippen LogP contribution < -0.4 is 11.2 Å². The topological polar surface area (TPSA) is 107 Å². The Morgan fingerprint density at radius 2 is 1.77 bits per heavy atom. The van der Waals surface area contributed by atoms with Crippen molar-refractivity contribution in [2.75, 3.05) is 13.6 Å². The van der Waals surface area contributed by atoms with Gasteiger partial charge < -0.3 is 9.09 Å². The van der Waals surface area contributed by atoms with Gasteiger partial charge in [0.2, 0.25) is 10.0 Å². The summed E-state index contributed by atoms with van der Waals surface area (Å²) in [7, 11) is 0.117. The van der Waals surface area contributed by atoms with Crippen molar-refractivity contribution in [3.05, 3.63) is 69.2 Å². The lowest BCUT2D eigenvalue weighted by Gasteiger charge is -2.17. The van der Waals surface area contributed by atoms with E-state index < -0.39 is 26.2 Å². The predicted octanol–water partition coefficient (Wildman–Crippen LogP) is 1.77. The first-order valence-electron chi connectivity index (χ1n) is 9.96. The van der Waals surface area contributed by atoms with Crippen LogP contribution >= 0.6 is 0 Å². The molecule has 0 aliphatic carbocycles.